The summed E-state index contributed by atoms with van der Waals surface area (Å²) in [6.45, 7) is 19.5. The largest absolute Gasteiger partial charge is 0.0911 e. The van der Waals surface area contributed by atoms with Crippen LogP contribution < -0.4 is 0 Å². The van der Waals surface area contributed by atoms with Gasteiger partial charge in [0, 0.05) is 0 Å². The molecule has 0 aliphatic carbocycles. The maximum absolute atomic E-state index is 2.27. The Morgan fingerprint density at radius 1 is 0.812 bits per heavy atom. The zero-order chi connectivity index (χ0) is 12.7. The number of hydrogen-bond donors (Lipinski definition) is 0. The van der Waals surface area contributed by atoms with Gasteiger partial charge in [-0.15, -0.1) is 0 Å². The van der Waals surface area contributed by atoms with E-state index in [1.807, 2.05) is 6.92 Å². The first-order chi connectivity index (χ1) is 6.48. The molecule has 0 aromatic heterocycles. The molecule has 0 radical (unpaired) electrons. The van der Waals surface area contributed by atoms with Gasteiger partial charge in [-0.2, -0.15) is 0 Å². The molecule has 0 saturated heterocycles. The van der Waals surface area contributed by atoms with E-state index in [0.717, 1.165) is 0 Å². The van der Waals surface area contributed by atoms with Crippen molar-refractivity contribution in [2.75, 3.05) is 0 Å². The Hall–Kier alpha value is -0.520. The van der Waals surface area contributed by atoms with Crippen molar-refractivity contribution < 1.29 is 0 Å². The van der Waals surface area contributed by atoms with Crippen molar-refractivity contribution in [3.8, 4) is 0 Å². The van der Waals surface area contributed by atoms with Gasteiger partial charge in [0.2, 0.25) is 0 Å². The highest BCUT2D eigenvalue weighted by Crippen LogP contribution is 2.16. The van der Waals surface area contributed by atoms with Crippen LogP contribution in [0.1, 0.15) is 69.7 Å². The average molecular weight is 226 g/mol. The van der Waals surface area contributed by atoms with Crippen LogP contribution in [0.15, 0.2) is 23.8 Å². The summed E-state index contributed by atoms with van der Waals surface area (Å²) in [5.74, 6) is 0. The zero-order valence-electron chi connectivity index (χ0n) is 12.2. The van der Waals surface area contributed by atoms with E-state index in [-0.39, 0.29) is 7.43 Å². The summed E-state index contributed by atoms with van der Waals surface area (Å²) in [6.07, 6.45) is 6.54. The molecule has 0 nitrogen and oxygen atoms in total. The molecule has 0 bridgehead atoms. The van der Waals surface area contributed by atoms with Gasteiger partial charge in [0.1, 0.15) is 0 Å². The summed E-state index contributed by atoms with van der Waals surface area (Å²) in [5.41, 5.74) is 2.13. The summed E-state index contributed by atoms with van der Waals surface area (Å²) in [4.78, 5) is 0. The van der Waals surface area contributed by atoms with Gasteiger partial charge >= 0.3 is 0 Å². The highest BCUT2D eigenvalue weighted by atomic mass is 14.1. The van der Waals surface area contributed by atoms with Gasteiger partial charge < -0.3 is 0 Å². The van der Waals surface area contributed by atoms with Crippen LogP contribution in [0.5, 0.6) is 0 Å². The summed E-state index contributed by atoms with van der Waals surface area (Å²) >= 11 is 0. The van der Waals surface area contributed by atoms with Gasteiger partial charge in [0.15, 0.2) is 0 Å². The maximum atomic E-state index is 2.27. The van der Waals surface area contributed by atoms with E-state index in [0.29, 0.717) is 10.8 Å². The van der Waals surface area contributed by atoms with E-state index in [9.17, 15) is 0 Å². The average Bonchev–Trinajstić information content (AvgIpc) is 1.77. The fraction of sp³-hybridized carbons (Fsp3) is 0.750. The molecular formula is C16H34. The van der Waals surface area contributed by atoms with Crippen LogP contribution >= 0.6 is 0 Å². The summed E-state index contributed by atoms with van der Waals surface area (Å²) < 4.78 is 0. The highest BCUT2D eigenvalue weighted by Gasteiger charge is 2.03. The van der Waals surface area contributed by atoms with E-state index in [1.54, 1.807) is 0 Å². The molecule has 0 spiro atoms. The van der Waals surface area contributed by atoms with Crippen molar-refractivity contribution in [3.63, 3.8) is 0 Å². The number of rotatable bonds is 0. The molecule has 0 atom stereocenters. The molecule has 0 heterocycles. The molecule has 0 aliphatic rings. The second kappa shape index (κ2) is 8.61. The van der Waals surface area contributed by atoms with Crippen LogP contribution in [-0.2, 0) is 0 Å². The van der Waals surface area contributed by atoms with Crippen molar-refractivity contribution >= 4 is 0 Å². The Morgan fingerprint density at radius 3 is 1.19 bits per heavy atom. The van der Waals surface area contributed by atoms with E-state index >= 15 is 0 Å². The van der Waals surface area contributed by atoms with Crippen LogP contribution in [-0.4, -0.2) is 0 Å². The standard InChI is InChI=1S/C8H16.C7H14.CH4/c1-7(2)6-8(3,4)5;1-5-6-7(2,3)4;/h6H,1-5H3;5-6H,1-4H3;1H4/b;6-5+;. The van der Waals surface area contributed by atoms with Crippen molar-refractivity contribution in [3.05, 3.63) is 23.8 Å². The van der Waals surface area contributed by atoms with E-state index in [4.69, 9.17) is 0 Å². The fourth-order valence-electron chi connectivity index (χ4n) is 1.37. The molecule has 0 aromatic carbocycles. The van der Waals surface area contributed by atoms with Crippen molar-refractivity contribution in [1.82, 2.24) is 0 Å². The first-order valence-electron chi connectivity index (χ1n) is 5.78. The lowest BCUT2D eigenvalue weighted by Crippen LogP contribution is -1.99. The first kappa shape index (κ1) is 20.8. The minimum atomic E-state index is 0. The van der Waals surface area contributed by atoms with Crippen molar-refractivity contribution in [2.45, 2.75) is 69.7 Å². The molecular weight excluding hydrogens is 192 g/mol. The summed E-state index contributed by atoms with van der Waals surface area (Å²) in [7, 11) is 0. The predicted molar refractivity (Wildman–Crippen MR) is 79.9 cm³/mol. The van der Waals surface area contributed by atoms with Crippen LogP contribution in [0.25, 0.3) is 0 Å². The second-order valence-corrected chi connectivity index (χ2v) is 6.45. The Balaban J connectivity index is -0.000000200. The van der Waals surface area contributed by atoms with E-state index < -0.39 is 0 Å². The summed E-state index contributed by atoms with van der Waals surface area (Å²) in [6, 6.07) is 0. The third kappa shape index (κ3) is 29.2. The smallest absolute Gasteiger partial charge is 0.0201 e. The van der Waals surface area contributed by atoms with Gasteiger partial charge in [0.05, 0.1) is 0 Å². The normalized spacial score (nSPS) is 11.3. The van der Waals surface area contributed by atoms with Gasteiger partial charge in [-0.1, -0.05) is 72.8 Å². The topological polar surface area (TPSA) is 0 Å². The second-order valence-electron chi connectivity index (χ2n) is 6.45. The molecule has 16 heavy (non-hydrogen) atoms. The number of allylic oxidation sites excluding steroid dienone is 4. The Labute approximate surface area is 105 Å². The minimum absolute atomic E-state index is 0. The molecule has 0 aromatic rings. The lowest BCUT2D eigenvalue weighted by atomic mass is 9.94. The molecule has 0 aliphatic heterocycles. The predicted octanol–water partition coefficient (Wildman–Crippen LogP) is 6.24. The number of hydrogen-bond acceptors (Lipinski definition) is 0. The monoisotopic (exact) mass is 226 g/mol. The molecule has 0 saturated carbocycles. The Morgan fingerprint density at radius 2 is 1.19 bits per heavy atom. The zero-order valence-corrected chi connectivity index (χ0v) is 12.2. The quantitative estimate of drug-likeness (QED) is 0.429. The molecule has 0 heteroatoms. The third-order valence-corrected chi connectivity index (χ3v) is 1.39. The SMILES string of the molecule is C.C/C=C/C(C)(C)C.CC(C)=CC(C)(C)C. The van der Waals surface area contributed by atoms with Crippen LogP contribution in [0.2, 0.25) is 0 Å². The van der Waals surface area contributed by atoms with Crippen LogP contribution in [0.4, 0.5) is 0 Å². The molecule has 0 rings (SSSR count). The molecule has 98 valence electrons. The lowest BCUT2D eigenvalue weighted by Gasteiger charge is -2.11. The molecule has 0 fully saturated rings. The van der Waals surface area contributed by atoms with Gasteiger partial charge in [0.25, 0.3) is 0 Å². The third-order valence-electron chi connectivity index (χ3n) is 1.39. The molecule has 0 unspecified atom stereocenters. The van der Waals surface area contributed by atoms with Gasteiger partial charge in [-0.25, -0.2) is 0 Å². The van der Waals surface area contributed by atoms with Gasteiger partial charge in [-0.05, 0) is 31.6 Å². The Bertz CT molecular complexity index is 199. The molecule has 0 N–H and O–H groups in total. The van der Waals surface area contributed by atoms with Crippen molar-refractivity contribution in [1.29, 1.82) is 0 Å². The van der Waals surface area contributed by atoms with Crippen LogP contribution in [0.3, 0.4) is 0 Å². The van der Waals surface area contributed by atoms with Crippen molar-refractivity contribution in [2.24, 2.45) is 10.8 Å². The minimum Gasteiger partial charge on any atom is -0.0911 e. The van der Waals surface area contributed by atoms with Crippen LogP contribution in [0, 0.1) is 10.8 Å². The van der Waals surface area contributed by atoms with E-state index in [2.05, 4.69) is 73.6 Å². The summed E-state index contributed by atoms with van der Waals surface area (Å²) in [5, 5.41) is 0. The van der Waals surface area contributed by atoms with E-state index in [1.165, 1.54) is 5.57 Å². The first-order valence-corrected chi connectivity index (χ1v) is 5.78. The van der Waals surface area contributed by atoms with Gasteiger partial charge in [-0.3, -0.25) is 0 Å². The fourth-order valence-corrected chi connectivity index (χ4v) is 1.37. The molecule has 0 amide bonds. The lowest BCUT2D eigenvalue weighted by molar-refractivity contribution is 0.540. The maximum Gasteiger partial charge on any atom is -0.0201 e. The Kier molecular flexibility index (Phi) is 11.2. The highest BCUT2D eigenvalue weighted by molar-refractivity contribution is 5.00.